The van der Waals surface area contributed by atoms with Gasteiger partial charge in [0.05, 0.1) is 0 Å². The molecular formula is C13H18N. The van der Waals surface area contributed by atoms with Crippen LogP contribution in [-0.4, -0.2) is 13.1 Å². The van der Waals surface area contributed by atoms with Crippen LogP contribution in [0.1, 0.15) is 36.8 Å². The van der Waals surface area contributed by atoms with E-state index in [9.17, 15) is 0 Å². The van der Waals surface area contributed by atoms with Gasteiger partial charge in [0.25, 0.3) is 0 Å². The first-order chi connectivity index (χ1) is 6.92. The molecule has 1 heterocycles. The number of rotatable bonds is 2. The highest BCUT2D eigenvalue weighted by molar-refractivity contribution is 5.30. The molecule has 1 aliphatic rings. The smallest absolute Gasteiger partial charge is 0.0139 e. The zero-order chi connectivity index (χ0) is 9.80. The molecule has 75 valence electrons. The molecular weight excluding hydrogens is 170 g/mol. The summed E-state index contributed by atoms with van der Waals surface area (Å²) in [7, 11) is 0. The van der Waals surface area contributed by atoms with Crippen molar-refractivity contribution >= 4 is 0 Å². The highest BCUT2D eigenvalue weighted by Gasteiger charge is 2.17. The SMILES string of the molecule is CCc1ccccc1C1CC[N]CC1. The lowest BCUT2D eigenvalue weighted by Gasteiger charge is -2.23. The lowest BCUT2D eigenvalue weighted by Crippen LogP contribution is -2.21. The maximum Gasteiger partial charge on any atom is 0.0139 e. The van der Waals surface area contributed by atoms with E-state index in [4.69, 9.17) is 0 Å². The van der Waals surface area contributed by atoms with Crippen molar-refractivity contribution in [2.45, 2.75) is 32.1 Å². The Hall–Kier alpha value is -0.820. The molecule has 1 radical (unpaired) electrons. The number of benzene rings is 1. The molecule has 0 saturated carbocycles. The fourth-order valence-corrected chi connectivity index (χ4v) is 2.32. The summed E-state index contributed by atoms with van der Waals surface area (Å²) in [5, 5.41) is 4.41. The van der Waals surface area contributed by atoms with Gasteiger partial charge in [0.2, 0.25) is 0 Å². The minimum absolute atomic E-state index is 0.767. The van der Waals surface area contributed by atoms with E-state index in [1.807, 2.05) is 0 Å². The first-order valence-electron chi connectivity index (χ1n) is 5.63. The second kappa shape index (κ2) is 4.61. The number of aryl methyl sites for hydroxylation is 1. The molecule has 1 nitrogen and oxygen atoms in total. The molecule has 1 aromatic rings. The maximum absolute atomic E-state index is 4.41. The van der Waals surface area contributed by atoms with Crippen LogP contribution in [0.4, 0.5) is 0 Å². The Balaban J connectivity index is 2.20. The molecule has 0 aliphatic carbocycles. The normalized spacial score (nSPS) is 18.4. The van der Waals surface area contributed by atoms with Crippen molar-refractivity contribution in [2.75, 3.05) is 13.1 Å². The van der Waals surface area contributed by atoms with Crippen molar-refractivity contribution in [3.05, 3.63) is 35.4 Å². The van der Waals surface area contributed by atoms with E-state index in [2.05, 4.69) is 36.5 Å². The third-order valence-corrected chi connectivity index (χ3v) is 3.15. The Kier molecular flexibility index (Phi) is 3.20. The Morgan fingerprint density at radius 3 is 2.64 bits per heavy atom. The third kappa shape index (κ3) is 1.98. The second-order valence-electron chi connectivity index (χ2n) is 4.00. The summed E-state index contributed by atoms with van der Waals surface area (Å²) >= 11 is 0. The molecule has 0 amide bonds. The summed E-state index contributed by atoms with van der Waals surface area (Å²) in [4.78, 5) is 0. The van der Waals surface area contributed by atoms with E-state index in [0.717, 1.165) is 25.4 Å². The van der Waals surface area contributed by atoms with Crippen LogP contribution in [0.3, 0.4) is 0 Å². The minimum Gasteiger partial charge on any atom is -0.242 e. The second-order valence-corrected chi connectivity index (χ2v) is 4.00. The van der Waals surface area contributed by atoms with Crippen molar-refractivity contribution in [2.24, 2.45) is 0 Å². The minimum atomic E-state index is 0.767. The highest BCUT2D eigenvalue weighted by atomic mass is 14.9. The van der Waals surface area contributed by atoms with Gasteiger partial charge >= 0.3 is 0 Å². The fourth-order valence-electron chi connectivity index (χ4n) is 2.32. The van der Waals surface area contributed by atoms with E-state index in [1.165, 1.54) is 18.4 Å². The lowest BCUT2D eigenvalue weighted by atomic mass is 9.86. The highest BCUT2D eigenvalue weighted by Crippen LogP contribution is 2.28. The van der Waals surface area contributed by atoms with Crippen LogP contribution in [0.5, 0.6) is 0 Å². The van der Waals surface area contributed by atoms with Crippen LogP contribution in [0.15, 0.2) is 24.3 Å². The summed E-state index contributed by atoms with van der Waals surface area (Å²) < 4.78 is 0. The third-order valence-electron chi connectivity index (χ3n) is 3.15. The van der Waals surface area contributed by atoms with Gasteiger partial charge in [0.15, 0.2) is 0 Å². The molecule has 0 aromatic heterocycles. The molecule has 1 fully saturated rings. The van der Waals surface area contributed by atoms with Gasteiger partial charge in [-0.05, 0) is 36.3 Å². The Morgan fingerprint density at radius 1 is 1.21 bits per heavy atom. The molecule has 0 atom stereocenters. The largest absolute Gasteiger partial charge is 0.242 e. The Bertz CT molecular complexity index is 287. The Morgan fingerprint density at radius 2 is 1.93 bits per heavy atom. The molecule has 0 unspecified atom stereocenters. The quantitative estimate of drug-likeness (QED) is 0.677. The topological polar surface area (TPSA) is 14.1 Å². The fraction of sp³-hybridized carbons (Fsp3) is 0.538. The van der Waals surface area contributed by atoms with Crippen molar-refractivity contribution in [3.63, 3.8) is 0 Å². The summed E-state index contributed by atoms with van der Waals surface area (Å²) in [6.45, 7) is 4.36. The molecule has 2 rings (SSSR count). The number of nitrogens with zero attached hydrogens (tertiary/aromatic N) is 1. The zero-order valence-electron chi connectivity index (χ0n) is 8.87. The Labute approximate surface area is 86.5 Å². The summed E-state index contributed by atoms with van der Waals surface area (Å²) in [5.41, 5.74) is 3.10. The van der Waals surface area contributed by atoms with E-state index in [0.29, 0.717) is 0 Å². The molecule has 14 heavy (non-hydrogen) atoms. The predicted molar refractivity (Wildman–Crippen MR) is 59.7 cm³/mol. The number of hydrogen-bond acceptors (Lipinski definition) is 0. The average molecular weight is 188 g/mol. The van der Waals surface area contributed by atoms with Gasteiger partial charge < -0.3 is 0 Å². The van der Waals surface area contributed by atoms with Crippen LogP contribution >= 0.6 is 0 Å². The van der Waals surface area contributed by atoms with E-state index in [-0.39, 0.29) is 0 Å². The molecule has 1 aliphatic heterocycles. The number of piperidine rings is 1. The molecule has 1 aromatic carbocycles. The predicted octanol–water partition coefficient (Wildman–Crippen LogP) is 2.73. The van der Waals surface area contributed by atoms with Crippen LogP contribution in [0.2, 0.25) is 0 Å². The molecule has 1 saturated heterocycles. The van der Waals surface area contributed by atoms with Gasteiger partial charge in [0.1, 0.15) is 0 Å². The molecule has 0 N–H and O–H groups in total. The summed E-state index contributed by atoms with van der Waals surface area (Å²) in [6.07, 6.45) is 3.65. The van der Waals surface area contributed by atoms with E-state index in [1.54, 1.807) is 5.56 Å². The van der Waals surface area contributed by atoms with Crippen LogP contribution in [-0.2, 0) is 6.42 Å². The van der Waals surface area contributed by atoms with E-state index < -0.39 is 0 Å². The first kappa shape index (κ1) is 9.72. The molecule has 0 bridgehead atoms. The van der Waals surface area contributed by atoms with Gasteiger partial charge in [-0.2, -0.15) is 0 Å². The van der Waals surface area contributed by atoms with Crippen molar-refractivity contribution in [1.29, 1.82) is 0 Å². The van der Waals surface area contributed by atoms with Crippen molar-refractivity contribution in [3.8, 4) is 0 Å². The van der Waals surface area contributed by atoms with E-state index >= 15 is 0 Å². The standard InChI is InChI=1S/C13H18N/c1-2-11-5-3-4-6-13(11)12-7-9-14-10-8-12/h3-6,12H,2,7-10H2,1H3. The monoisotopic (exact) mass is 188 g/mol. The van der Waals surface area contributed by atoms with Gasteiger partial charge in [-0.15, -0.1) is 0 Å². The molecule has 0 spiro atoms. The summed E-state index contributed by atoms with van der Waals surface area (Å²) in [5.74, 6) is 0.767. The van der Waals surface area contributed by atoms with Gasteiger partial charge in [-0.3, -0.25) is 0 Å². The van der Waals surface area contributed by atoms with Crippen molar-refractivity contribution in [1.82, 2.24) is 5.32 Å². The number of hydrogen-bond donors (Lipinski definition) is 0. The van der Waals surface area contributed by atoms with Crippen LogP contribution in [0.25, 0.3) is 0 Å². The summed E-state index contributed by atoms with van der Waals surface area (Å²) in [6, 6.07) is 8.88. The van der Waals surface area contributed by atoms with Gasteiger partial charge in [0, 0.05) is 13.1 Å². The van der Waals surface area contributed by atoms with Crippen LogP contribution < -0.4 is 5.32 Å². The van der Waals surface area contributed by atoms with Gasteiger partial charge in [-0.25, -0.2) is 5.32 Å². The lowest BCUT2D eigenvalue weighted by molar-refractivity contribution is 0.451. The maximum atomic E-state index is 4.41. The van der Waals surface area contributed by atoms with Crippen molar-refractivity contribution < 1.29 is 0 Å². The zero-order valence-corrected chi connectivity index (χ0v) is 8.87. The average Bonchev–Trinajstić information content (AvgIpc) is 2.30. The van der Waals surface area contributed by atoms with Gasteiger partial charge in [-0.1, -0.05) is 31.2 Å². The van der Waals surface area contributed by atoms with Crippen LogP contribution in [0, 0.1) is 0 Å². The molecule has 1 heteroatoms. The first-order valence-corrected chi connectivity index (χ1v) is 5.63.